The van der Waals surface area contributed by atoms with E-state index in [1.54, 1.807) is 29.2 Å². The van der Waals surface area contributed by atoms with Crippen LogP contribution in [0.5, 0.6) is 0 Å². The molecule has 5 nitrogen and oxygen atoms in total. The number of carbonyl (C=O) groups is 2. The van der Waals surface area contributed by atoms with Crippen LogP contribution in [0.1, 0.15) is 36.8 Å². The van der Waals surface area contributed by atoms with E-state index in [2.05, 4.69) is 6.58 Å². The summed E-state index contributed by atoms with van der Waals surface area (Å²) in [5, 5.41) is 8.42. The van der Waals surface area contributed by atoms with Crippen molar-refractivity contribution in [1.82, 2.24) is 10.4 Å². The first-order valence-electron chi connectivity index (χ1n) is 10.4. The molecule has 33 heavy (non-hydrogen) atoms. The van der Waals surface area contributed by atoms with E-state index >= 15 is 0 Å². The summed E-state index contributed by atoms with van der Waals surface area (Å²) in [6.45, 7) is 6.64. The average Bonchev–Trinajstić information content (AvgIpc) is 2.80. The summed E-state index contributed by atoms with van der Waals surface area (Å²) in [6.07, 6.45) is 8.14. The van der Waals surface area contributed by atoms with Gasteiger partial charge < -0.3 is 4.90 Å². The van der Waals surface area contributed by atoms with Crippen LogP contribution in [0.2, 0.25) is 0 Å². The topological polar surface area (TPSA) is 69.6 Å². The summed E-state index contributed by atoms with van der Waals surface area (Å²) in [6, 6.07) is 5.17. The molecule has 8 heteroatoms. The maximum absolute atomic E-state index is 12.8. The van der Waals surface area contributed by atoms with Gasteiger partial charge in [-0.1, -0.05) is 54.7 Å². The van der Waals surface area contributed by atoms with Crippen molar-refractivity contribution >= 4 is 11.8 Å². The Morgan fingerprint density at radius 2 is 1.82 bits per heavy atom. The van der Waals surface area contributed by atoms with Crippen molar-refractivity contribution in [1.29, 1.82) is 0 Å². The number of hydroxylamine groups is 1. The van der Waals surface area contributed by atoms with E-state index in [-0.39, 0.29) is 11.8 Å². The number of nitrogens with zero attached hydrogens (tertiary/aromatic N) is 1. The second-order valence-corrected chi connectivity index (χ2v) is 7.73. The maximum Gasteiger partial charge on any atom is 0.416 e. The smallest absolute Gasteiger partial charge is 0.339 e. The van der Waals surface area contributed by atoms with Crippen LogP contribution >= 0.6 is 0 Å². The highest BCUT2D eigenvalue weighted by molar-refractivity contribution is 5.88. The summed E-state index contributed by atoms with van der Waals surface area (Å²) < 4.78 is 38.3. The quantitative estimate of drug-likeness (QED) is 0.258. The van der Waals surface area contributed by atoms with Gasteiger partial charge in [-0.25, -0.2) is 5.48 Å². The molecule has 2 N–H and O–H groups in total. The Hall–Kier alpha value is -3.39. The minimum absolute atomic E-state index is 0.00457. The van der Waals surface area contributed by atoms with Crippen LogP contribution in [-0.2, 0) is 15.8 Å². The van der Waals surface area contributed by atoms with Crippen LogP contribution in [0.25, 0.3) is 0 Å². The summed E-state index contributed by atoms with van der Waals surface area (Å²) in [5.74, 6) is -0.799. The monoisotopic (exact) mass is 460 g/mol. The first kappa shape index (κ1) is 25.9. The van der Waals surface area contributed by atoms with Gasteiger partial charge in [0.05, 0.1) is 5.56 Å². The summed E-state index contributed by atoms with van der Waals surface area (Å²) >= 11 is 0. The van der Waals surface area contributed by atoms with E-state index in [0.29, 0.717) is 18.7 Å². The van der Waals surface area contributed by atoms with Crippen LogP contribution in [-0.4, -0.2) is 35.0 Å². The van der Waals surface area contributed by atoms with E-state index < -0.39 is 17.6 Å². The molecule has 1 aromatic carbocycles. The third-order valence-electron chi connectivity index (χ3n) is 5.16. The highest BCUT2D eigenvalue weighted by atomic mass is 19.4. The van der Waals surface area contributed by atoms with Gasteiger partial charge in [-0.05, 0) is 43.0 Å². The zero-order chi connectivity index (χ0) is 24.4. The van der Waals surface area contributed by atoms with Crippen molar-refractivity contribution in [3.63, 3.8) is 0 Å². The Kier molecular flexibility index (Phi) is 9.42. The Morgan fingerprint density at radius 1 is 1.12 bits per heavy atom. The highest BCUT2D eigenvalue weighted by Gasteiger charge is 2.31. The van der Waals surface area contributed by atoms with Crippen molar-refractivity contribution in [3.8, 4) is 0 Å². The van der Waals surface area contributed by atoms with Crippen molar-refractivity contribution in [2.24, 2.45) is 0 Å². The molecule has 1 atom stereocenters. The van der Waals surface area contributed by atoms with Crippen molar-refractivity contribution in [2.75, 3.05) is 13.1 Å². The number of alkyl halides is 3. The van der Waals surface area contributed by atoms with Crippen LogP contribution in [0, 0.1) is 0 Å². The van der Waals surface area contributed by atoms with Gasteiger partial charge in [0.1, 0.15) is 0 Å². The number of amides is 2. The number of hydrogen-bond donors (Lipinski definition) is 2. The van der Waals surface area contributed by atoms with E-state index in [1.165, 1.54) is 29.8 Å². The first-order valence-corrected chi connectivity index (χ1v) is 10.4. The molecule has 1 saturated heterocycles. The minimum Gasteiger partial charge on any atom is -0.339 e. The number of rotatable bonds is 7. The molecule has 2 amide bonds. The number of hydrogen-bond acceptors (Lipinski definition) is 3. The number of halogens is 3. The number of nitrogens with one attached hydrogen (secondary N) is 1. The molecule has 0 aromatic heterocycles. The zero-order valence-electron chi connectivity index (χ0n) is 18.3. The lowest BCUT2D eigenvalue weighted by molar-refractivity contribution is -0.137. The molecular weight excluding hydrogens is 433 g/mol. The third-order valence-corrected chi connectivity index (χ3v) is 5.16. The van der Waals surface area contributed by atoms with E-state index in [1.807, 2.05) is 6.92 Å². The standard InChI is InChI=1S/C25H27F3N2O3/c1-18(8-14-23(31)29-33)5-3-6-19(2)9-15-24(32)30-16-4-7-21(17-30)20-10-12-22(13-11-20)25(26,27)28/h3,5-6,8-15,21,33H,1,4,7,16-17H2,2H3,(H,29,31)/b5-3-,14-8+,15-9+,19-6+. The van der Waals surface area contributed by atoms with E-state index in [9.17, 15) is 22.8 Å². The van der Waals surface area contributed by atoms with Gasteiger partial charge in [-0.2, -0.15) is 13.2 Å². The fourth-order valence-electron chi connectivity index (χ4n) is 3.36. The zero-order valence-corrected chi connectivity index (χ0v) is 18.3. The van der Waals surface area contributed by atoms with Gasteiger partial charge in [0, 0.05) is 31.2 Å². The van der Waals surface area contributed by atoms with E-state index in [0.717, 1.165) is 42.2 Å². The van der Waals surface area contributed by atoms with Crippen LogP contribution in [0.4, 0.5) is 13.2 Å². The predicted octanol–water partition coefficient (Wildman–Crippen LogP) is 5.09. The molecule has 1 heterocycles. The van der Waals surface area contributed by atoms with Gasteiger partial charge in [0.25, 0.3) is 5.91 Å². The normalized spacial score (nSPS) is 17.8. The fourth-order valence-corrected chi connectivity index (χ4v) is 3.36. The molecule has 0 saturated carbocycles. The average molecular weight is 460 g/mol. The number of piperidine rings is 1. The number of benzene rings is 1. The van der Waals surface area contributed by atoms with E-state index in [4.69, 9.17) is 5.21 Å². The van der Waals surface area contributed by atoms with Crippen molar-refractivity contribution in [2.45, 2.75) is 31.9 Å². The van der Waals surface area contributed by atoms with Crippen molar-refractivity contribution in [3.05, 3.63) is 95.6 Å². The van der Waals surface area contributed by atoms with Gasteiger partial charge in [0.15, 0.2) is 0 Å². The molecule has 0 bridgehead atoms. The Balaban J connectivity index is 1.92. The summed E-state index contributed by atoms with van der Waals surface area (Å²) in [7, 11) is 0. The molecule has 0 aliphatic carbocycles. The number of allylic oxidation sites excluding steroid dienone is 7. The summed E-state index contributed by atoms with van der Waals surface area (Å²) in [5.41, 5.74) is 2.97. The predicted molar refractivity (Wildman–Crippen MR) is 120 cm³/mol. The highest BCUT2D eigenvalue weighted by Crippen LogP contribution is 2.32. The molecule has 176 valence electrons. The molecule has 1 fully saturated rings. The SMILES string of the molecule is C=C(\C=C/C=C(C)/C=C/C(=O)N1CCCC(c2ccc(C(F)(F)F)cc2)C1)/C=C/C(=O)NO. The molecule has 1 aliphatic rings. The van der Waals surface area contributed by atoms with Gasteiger partial charge >= 0.3 is 6.18 Å². The van der Waals surface area contributed by atoms with Crippen LogP contribution < -0.4 is 5.48 Å². The molecule has 1 aromatic rings. The Bertz CT molecular complexity index is 974. The summed E-state index contributed by atoms with van der Waals surface area (Å²) in [4.78, 5) is 25.2. The lowest BCUT2D eigenvalue weighted by atomic mass is 9.90. The first-order chi connectivity index (χ1) is 15.6. The number of carbonyl (C=O) groups excluding carboxylic acids is 2. The lowest BCUT2D eigenvalue weighted by Crippen LogP contribution is -2.38. The second-order valence-electron chi connectivity index (χ2n) is 7.73. The second kappa shape index (κ2) is 12.0. The minimum atomic E-state index is -4.36. The van der Waals surface area contributed by atoms with Crippen molar-refractivity contribution < 1.29 is 28.0 Å². The Labute approximate surface area is 191 Å². The Morgan fingerprint density at radius 3 is 2.45 bits per heavy atom. The lowest BCUT2D eigenvalue weighted by Gasteiger charge is -2.32. The molecule has 1 aliphatic heterocycles. The maximum atomic E-state index is 12.8. The van der Waals surface area contributed by atoms with Gasteiger partial charge in [-0.3, -0.25) is 14.8 Å². The largest absolute Gasteiger partial charge is 0.416 e. The molecule has 0 radical (unpaired) electrons. The van der Waals surface area contributed by atoms with Gasteiger partial charge in [0.2, 0.25) is 5.91 Å². The molecule has 2 rings (SSSR count). The van der Waals surface area contributed by atoms with Crippen LogP contribution in [0.15, 0.2) is 84.5 Å². The fraction of sp³-hybridized carbons (Fsp3) is 0.280. The van der Waals surface area contributed by atoms with Crippen LogP contribution in [0.3, 0.4) is 0 Å². The molecular formula is C25H27F3N2O3. The van der Waals surface area contributed by atoms with Gasteiger partial charge in [-0.15, -0.1) is 0 Å². The molecule has 0 spiro atoms. The number of likely N-dealkylation sites (tertiary alicyclic amines) is 1. The molecule has 1 unspecified atom stereocenters. The third kappa shape index (κ3) is 8.57.